The molecule has 0 unspecified atom stereocenters. The van der Waals surface area contributed by atoms with Crippen molar-refractivity contribution in [3.63, 3.8) is 0 Å². The highest BCUT2D eigenvalue weighted by atomic mass is 35.5. The third-order valence-electron chi connectivity index (χ3n) is 5.02. The maximum Gasteiger partial charge on any atom is 0.328 e. The molecule has 0 saturated carbocycles. The summed E-state index contributed by atoms with van der Waals surface area (Å²) in [5.41, 5.74) is 5.88. The van der Waals surface area contributed by atoms with Crippen LogP contribution in [-0.4, -0.2) is 22.4 Å². The SMILES string of the molecule is Cc1cc(C)cc(NC(=O)C(=O)Nn2c(C(=O)Nc3ccccc3Cl)cc3cc(Cl)ccc32)c1. The number of aromatic nitrogens is 1. The number of fused-ring (bicyclic) bond motifs is 1. The van der Waals surface area contributed by atoms with Crippen molar-refractivity contribution in [2.24, 2.45) is 0 Å². The summed E-state index contributed by atoms with van der Waals surface area (Å²) in [7, 11) is 0. The number of benzene rings is 3. The molecule has 3 amide bonds. The van der Waals surface area contributed by atoms with Gasteiger partial charge in [0.2, 0.25) is 0 Å². The Morgan fingerprint density at radius 1 is 0.794 bits per heavy atom. The molecule has 0 aliphatic carbocycles. The van der Waals surface area contributed by atoms with Crippen molar-refractivity contribution >= 4 is 63.2 Å². The molecule has 34 heavy (non-hydrogen) atoms. The lowest BCUT2D eigenvalue weighted by Gasteiger charge is -2.13. The summed E-state index contributed by atoms with van der Waals surface area (Å²) < 4.78 is 1.25. The van der Waals surface area contributed by atoms with Crippen LogP contribution in [0.15, 0.2) is 66.7 Å². The average molecular weight is 495 g/mol. The second-order valence-electron chi connectivity index (χ2n) is 7.77. The van der Waals surface area contributed by atoms with Crippen LogP contribution in [0.1, 0.15) is 21.6 Å². The molecule has 3 aromatic carbocycles. The lowest BCUT2D eigenvalue weighted by molar-refractivity contribution is -0.133. The topological polar surface area (TPSA) is 92.2 Å². The Hall–Kier alpha value is -3.81. The fourth-order valence-corrected chi connectivity index (χ4v) is 3.97. The van der Waals surface area contributed by atoms with E-state index in [-0.39, 0.29) is 5.69 Å². The molecule has 4 aromatic rings. The zero-order valence-corrected chi connectivity index (χ0v) is 19.8. The van der Waals surface area contributed by atoms with Gasteiger partial charge >= 0.3 is 11.8 Å². The standard InChI is InChI=1S/C25H20Cl2N4O3/c1-14-9-15(2)11-18(10-14)28-24(33)25(34)30-31-21-8-7-17(26)12-16(21)13-22(31)23(32)29-20-6-4-3-5-19(20)27/h3-13H,1-2H3,(H,28,33)(H,29,32)(H,30,34). The molecule has 0 bridgehead atoms. The number of carbonyl (C=O) groups excluding carboxylic acids is 3. The number of aryl methyl sites for hydroxylation is 2. The minimum Gasteiger partial charge on any atom is -0.319 e. The van der Waals surface area contributed by atoms with Gasteiger partial charge in [-0.3, -0.25) is 19.8 Å². The number of anilines is 2. The largest absolute Gasteiger partial charge is 0.328 e. The van der Waals surface area contributed by atoms with E-state index in [9.17, 15) is 14.4 Å². The Morgan fingerprint density at radius 3 is 2.21 bits per heavy atom. The number of carbonyl (C=O) groups is 3. The number of halogens is 2. The lowest BCUT2D eigenvalue weighted by atomic mass is 10.1. The average Bonchev–Trinajstić information content (AvgIpc) is 3.12. The van der Waals surface area contributed by atoms with Gasteiger partial charge in [-0.1, -0.05) is 41.4 Å². The molecule has 0 aliphatic heterocycles. The molecular weight excluding hydrogens is 475 g/mol. The van der Waals surface area contributed by atoms with E-state index in [2.05, 4.69) is 16.1 Å². The third-order valence-corrected chi connectivity index (χ3v) is 5.58. The fraction of sp³-hybridized carbons (Fsp3) is 0.0800. The van der Waals surface area contributed by atoms with Crippen molar-refractivity contribution in [2.75, 3.05) is 16.1 Å². The lowest BCUT2D eigenvalue weighted by Crippen LogP contribution is -2.36. The number of hydrogen-bond acceptors (Lipinski definition) is 3. The normalized spacial score (nSPS) is 10.7. The van der Waals surface area contributed by atoms with Gasteiger partial charge < -0.3 is 10.6 Å². The molecule has 0 spiro atoms. The molecule has 4 rings (SSSR count). The van der Waals surface area contributed by atoms with Gasteiger partial charge in [0.05, 0.1) is 16.2 Å². The predicted molar refractivity (Wildman–Crippen MR) is 135 cm³/mol. The summed E-state index contributed by atoms with van der Waals surface area (Å²) >= 11 is 12.3. The molecule has 7 nitrogen and oxygen atoms in total. The van der Waals surface area contributed by atoms with Gasteiger partial charge in [-0.25, -0.2) is 4.68 Å². The number of rotatable bonds is 4. The van der Waals surface area contributed by atoms with Crippen molar-refractivity contribution in [1.82, 2.24) is 4.68 Å². The molecule has 3 N–H and O–H groups in total. The first-order valence-corrected chi connectivity index (χ1v) is 11.0. The van der Waals surface area contributed by atoms with Crippen LogP contribution < -0.4 is 16.1 Å². The highest BCUT2D eigenvalue weighted by Gasteiger charge is 2.21. The summed E-state index contributed by atoms with van der Waals surface area (Å²) in [6, 6.07) is 18.7. The van der Waals surface area contributed by atoms with Crippen LogP contribution in [0, 0.1) is 13.8 Å². The van der Waals surface area contributed by atoms with E-state index >= 15 is 0 Å². The van der Waals surface area contributed by atoms with Crippen molar-refractivity contribution in [2.45, 2.75) is 13.8 Å². The predicted octanol–water partition coefficient (Wildman–Crippen LogP) is 5.53. The van der Waals surface area contributed by atoms with E-state index in [0.717, 1.165) is 11.1 Å². The van der Waals surface area contributed by atoms with Gasteiger partial charge in [0.15, 0.2) is 0 Å². The highest BCUT2D eigenvalue weighted by Crippen LogP contribution is 2.25. The second-order valence-corrected chi connectivity index (χ2v) is 8.62. The van der Waals surface area contributed by atoms with Crippen molar-refractivity contribution in [1.29, 1.82) is 0 Å². The molecule has 0 aliphatic rings. The van der Waals surface area contributed by atoms with Crippen LogP contribution >= 0.6 is 23.2 Å². The van der Waals surface area contributed by atoms with Gasteiger partial charge in [-0.2, -0.15) is 0 Å². The third kappa shape index (κ3) is 5.06. The van der Waals surface area contributed by atoms with E-state index < -0.39 is 17.7 Å². The van der Waals surface area contributed by atoms with Gasteiger partial charge in [0.1, 0.15) is 5.69 Å². The first-order chi connectivity index (χ1) is 16.2. The highest BCUT2D eigenvalue weighted by molar-refractivity contribution is 6.42. The van der Waals surface area contributed by atoms with Gasteiger partial charge in [-0.05, 0) is 73.5 Å². The van der Waals surface area contributed by atoms with Crippen molar-refractivity contribution in [3.05, 3.63) is 93.6 Å². The molecule has 0 fully saturated rings. The molecule has 0 atom stereocenters. The Bertz CT molecular complexity index is 1430. The Labute approximate surface area is 205 Å². The fourth-order valence-electron chi connectivity index (χ4n) is 3.61. The van der Waals surface area contributed by atoms with Crippen LogP contribution in [0.25, 0.3) is 10.9 Å². The number of para-hydroxylation sites is 1. The van der Waals surface area contributed by atoms with Crippen LogP contribution in [0.5, 0.6) is 0 Å². The summed E-state index contributed by atoms with van der Waals surface area (Å²) in [6.07, 6.45) is 0. The molecular formula is C25H20Cl2N4O3. The maximum absolute atomic E-state index is 13.1. The first kappa shape index (κ1) is 23.4. The number of amides is 3. The summed E-state index contributed by atoms with van der Waals surface area (Å²) in [4.78, 5) is 38.4. The molecule has 172 valence electrons. The Kier molecular flexibility index (Phi) is 6.58. The molecule has 9 heteroatoms. The van der Waals surface area contributed by atoms with Crippen LogP contribution in [0.4, 0.5) is 11.4 Å². The summed E-state index contributed by atoms with van der Waals surface area (Å²) in [5, 5.41) is 6.73. The maximum atomic E-state index is 13.1. The van der Waals surface area contributed by atoms with E-state index in [1.54, 1.807) is 60.7 Å². The van der Waals surface area contributed by atoms with E-state index in [1.165, 1.54) is 4.68 Å². The molecule has 1 aromatic heterocycles. The van der Waals surface area contributed by atoms with Crippen LogP contribution in [0.3, 0.4) is 0 Å². The molecule has 0 saturated heterocycles. The molecule has 0 radical (unpaired) electrons. The minimum absolute atomic E-state index is 0.0877. The van der Waals surface area contributed by atoms with Gasteiger partial charge in [0, 0.05) is 16.1 Å². The zero-order chi connectivity index (χ0) is 24.4. The number of nitrogens with zero attached hydrogens (tertiary/aromatic N) is 1. The van der Waals surface area contributed by atoms with Crippen molar-refractivity contribution < 1.29 is 14.4 Å². The Balaban J connectivity index is 1.64. The van der Waals surface area contributed by atoms with E-state index in [4.69, 9.17) is 23.2 Å². The monoisotopic (exact) mass is 494 g/mol. The van der Waals surface area contributed by atoms with Gasteiger partial charge in [-0.15, -0.1) is 0 Å². The van der Waals surface area contributed by atoms with Crippen LogP contribution in [0.2, 0.25) is 10.0 Å². The zero-order valence-electron chi connectivity index (χ0n) is 18.3. The summed E-state index contributed by atoms with van der Waals surface area (Å²) in [6.45, 7) is 3.79. The quantitative estimate of drug-likeness (QED) is 0.326. The smallest absolute Gasteiger partial charge is 0.319 e. The van der Waals surface area contributed by atoms with Crippen molar-refractivity contribution in [3.8, 4) is 0 Å². The second kappa shape index (κ2) is 9.59. The molecule has 1 heterocycles. The van der Waals surface area contributed by atoms with E-state index in [0.29, 0.717) is 32.3 Å². The number of hydrogen-bond donors (Lipinski definition) is 3. The van der Waals surface area contributed by atoms with E-state index in [1.807, 2.05) is 19.9 Å². The summed E-state index contributed by atoms with van der Waals surface area (Å²) in [5.74, 6) is -2.35. The Morgan fingerprint density at radius 2 is 1.50 bits per heavy atom. The first-order valence-electron chi connectivity index (χ1n) is 10.3. The minimum atomic E-state index is -0.946. The van der Waals surface area contributed by atoms with Crippen LogP contribution in [-0.2, 0) is 9.59 Å². The number of nitrogens with one attached hydrogen (secondary N) is 3. The van der Waals surface area contributed by atoms with Gasteiger partial charge in [0.25, 0.3) is 5.91 Å².